The molecule has 0 amide bonds. The zero-order valence-electron chi connectivity index (χ0n) is 12.0. The second-order valence-electron chi connectivity index (χ2n) is 4.54. The van der Waals surface area contributed by atoms with E-state index in [1.807, 2.05) is 0 Å². The van der Waals surface area contributed by atoms with Crippen LogP contribution in [0.4, 0.5) is 0 Å². The topological polar surface area (TPSA) is 55.8 Å². The Morgan fingerprint density at radius 3 is 1.83 bits per heavy atom. The number of halogens is 6. The van der Waals surface area contributed by atoms with Gasteiger partial charge in [0, 0.05) is 12.0 Å². The molecule has 0 aromatic carbocycles. The molecule has 0 aromatic heterocycles. The molecule has 0 saturated carbocycles. The van der Waals surface area contributed by atoms with Gasteiger partial charge in [-0.1, -0.05) is 69.6 Å². The van der Waals surface area contributed by atoms with Gasteiger partial charge in [-0.25, -0.2) is 0 Å². The van der Waals surface area contributed by atoms with E-state index in [1.165, 1.54) is 0 Å². The first-order valence-corrected chi connectivity index (χ1v) is 8.96. The minimum Gasteiger partial charge on any atom is -0.392 e. The van der Waals surface area contributed by atoms with Gasteiger partial charge < -0.3 is 14.6 Å². The first kappa shape index (κ1) is 24.4. The maximum Gasteiger partial charge on any atom is 0.213 e. The highest BCUT2D eigenvalue weighted by Crippen LogP contribution is 2.30. The third kappa shape index (κ3) is 13.3. The maximum atomic E-state index is 11.5. The molecule has 0 aliphatic carbocycles. The minimum atomic E-state index is -1.64. The molecule has 0 saturated heterocycles. The second kappa shape index (κ2) is 11.2. The van der Waals surface area contributed by atoms with Crippen molar-refractivity contribution in [2.24, 2.45) is 0 Å². The standard InChI is InChI=1S/C12H16Cl6O4S/c1-7(4-19)8(10(20)23)2-3-9(21-5-11(13,14)15)22-6-12(16,17)18/h9,19H,2-6H2,1H3,(H,20,23). The third-order valence-electron chi connectivity index (χ3n) is 2.51. The molecule has 0 radical (unpaired) electrons. The Morgan fingerprint density at radius 1 is 1.09 bits per heavy atom. The highest BCUT2D eigenvalue weighted by atomic mass is 35.6. The average Bonchev–Trinajstić information content (AvgIpc) is 2.38. The second-order valence-corrected chi connectivity index (χ2v) is 9.98. The van der Waals surface area contributed by atoms with Crippen LogP contribution in [0.25, 0.3) is 0 Å². The van der Waals surface area contributed by atoms with Gasteiger partial charge in [-0.05, 0) is 18.9 Å². The lowest BCUT2D eigenvalue weighted by molar-refractivity contribution is -0.143. The lowest BCUT2D eigenvalue weighted by Gasteiger charge is -2.23. The summed E-state index contributed by atoms with van der Waals surface area (Å²) in [6.07, 6.45) is -0.449. The van der Waals surface area contributed by atoms with Crippen LogP contribution in [-0.2, 0) is 14.3 Å². The smallest absolute Gasteiger partial charge is 0.213 e. The molecule has 0 heterocycles. The molecule has 0 rings (SSSR count). The number of carbonyl (C=O) groups excluding carboxylic acids is 1. The number of alkyl halides is 6. The molecule has 11 heteroatoms. The fraction of sp³-hybridized carbons (Fsp3) is 0.750. The molecule has 23 heavy (non-hydrogen) atoms. The summed E-state index contributed by atoms with van der Waals surface area (Å²) in [5.74, 6) is 0. The highest BCUT2D eigenvalue weighted by Gasteiger charge is 2.26. The first-order valence-electron chi connectivity index (χ1n) is 6.25. The monoisotopic (exact) mass is 466 g/mol. The van der Waals surface area contributed by atoms with Crippen molar-refractivity contribution in [3.8, 4) is 0 Å². The molecular formula is C12H16Cl6O4S. The Bertz CT molecular complexity index is 401. The van der Waals surface area contributed by atoms with Gasteiger partial charge in [-0.15, -0.1) is 12.6 Å². The summed E-state index contributed by atoms with van der Waals surface area (Å²) in [6.45, 7) is 0.837. The van der Waals surface area contributed by atoms with Crippen LogP contribution in [0.2, 0.25) is 0 Å². The number of rotatable bonds is 9. The Labute approximate surface area is 170 Å². The number of hydrogen-bond donors (Lipinski definition) is 2. The van der Waals surface area contributed by atoms with E-state index >= 15 is 0 Å². The van der Waals surface area contributed by atoms with Crippen LogP contribution < -0.4 is 0 Å². The van der Waals surface area contributed by atoms with Crippen LogP contribution >= 0.6 is 82.2 Å². The van der Waals surface area contributed by atoms with Gasteiger partial charge in [-0.3, -0.25) is 4.79 Å². The van der Waals surface area contributed by atoms with Crippen molar-refractivity contribution in [3.63, 3.8) is 0 Å². The van der Waals surface area contributed by atoms with Gasteiger partial charge in [0.2, 0.25) is 12.7 Å². The normalized spacial score (nSPS) is 14.2. The number of aliphatic hydroxyl groups is 1. The maximum absolute atomic E-state index is 11.5. The van der Waals surface area contributed by atoms with E-state index in [9.17, 15) is 4.79 Å². The van der Waals surface area contributed by atoms with Crippen LogP contribution in [0.5, 0.6) is 0 Å². The summed E-state index contributed by atoms with van der Waals surface area (Å²) in [4.78, 5) is 11.5. The van der Waals surface area contributed by atoms with Gasteiger partial charge in [-0.2, -0.15) is 0 Å². The molecule has 0 bridgehead atoms. The predicted molar refractivity (Wildman–Crippen MR) is 99.3 cm³/mol. The van der Waals surface area contributed by atoms with Crippen LogP contribution in [0.3, 0.4) is 0 Å². The molecule has 0 aromatic rings. The van der Waals surface area contributed by atoms with Crippen molar-refractivity contribution in [2.75, 3.05) is 19.8 Å². The van der Waals surface area contributed by atoms with E-state index in [0.717, 1.165) is 0 Å². The Morgan fingerprint density at radius 2 is 1.52 bits per heavy atom. The Hall–Kier alpha value is 1.38. The summed E-state index contributed by atoms with van der Waals surface area (Å²) in [7, 11) is 0. The summed E-state index contributed by atoms with van der Waals surface area (Å²) < 4.78 is 7.38. The predicted octanol–water partition coefficient (Wildman–Crippen LogP) is 4.63. The van der Waals surface area contributed by atoms with Crippen molar-refractivity contribution in [3.05, 3.63) is 11.1 Å². The van der Waals surface area contributed by atoms with E-state index in [4.69, 9.17) is 84.2 Å². The molecule has 0 aliphatic heterocycles. The molecular weight excluding hydrogens is 453 g/mol. The van der Waals surface area contributed by atoms with E-state index in [1.54, 1.807) is 6.92 Å². The molecule has 0 fully saturated rings. The van der Waals surface area contributed by atoms with Crippen molar-refractivity contribution >= 4 is 87.3 Å². The van der Waals surface area contributed by atoms with E-state index in [-0.39, 0.29) is 32.7 Å². The van der Waals surface area contributed by atoms with Crippen molar-refractivity contribution in [1.29, 1.82) is 0 Å². The van der Waals surface area contributed by atoms with Crippen LogP contribution in [-0.4, -0.2) is 43.9 Å². The van der Waals surface area contributed by atoms with Gasteiger partial charge in [0.15, 0.2) is 6.29 Å². The van der Waals surface area contributed by atoms with Gasteiger partial charge in [0.1, 0.15) is 0 Å². The van der Waals surface area contributed by atoms with Crippen LogP contribution in [0.15, 0.2) is 11.1 Å². The Balaban J connectivity index is 4.82. The van der Waals surface area contributed by atoms with Crippen LogP contribution in [0.1, 0.15) is 19.8 Å². The number of aliphatic hydroxyl groups excluding tert-OH is 1. The SMILES string of the molecule is CC(CO)=C(CCC(OCC(Cl)(Cl)Cl)OCC(Cl)(Cl)Cl)C(=O)S. The molecule has 0 unspecified atom stereocenters. The first-order chi connectivity index (χ1) is 10.4. The number of hydrogen-bond acceptors (Lipinski definition) is 4. The van der Waals surface area contributed by atoms with Gasteiger partial charge in [0.05, 0.1) is 19.8 Å². The fourth-order valence-electron chi connectivity index (χ4n) is 1.45. The molecule has 4 nitrogen and oxygen atoms in total. The number of carbonyl (C=O) groups is 1. The summed E-state index contributed by atoms with van der Waals surface area (Å²) in [5.41, 5.74) is 0.835. The van der Waals surface area contributed by atoms with Crippen LogP contribution in [0, 0.1) is 0 Å². The van der Waals surface area contributed by atoms with E-state index < -0.39 is 19.0 Å². The molecule has 0 spiro atoms. The van der Waals surface area contributed by atoms with Crippen molar-refractivity contribution in [1.82, 2.24) is 0 Å². The van der Waals surface area contributed by atoms with Crippen molar-refractivity contribution < 1.29 is 19.4 Å². The van der Waals surface area contributed by atoms with E-state index in [2.05, 4.69) is 12.6 Å². The number of ether oxygens (including phenoxy) is 2. The minimum absolute atomic E-state index is 0.209. The summed E-state index contributed by atoms with van der Waals surface area (Å²) in [5, 5.41) is 8.67. The summed E-state index contributed by atoms with van der Waals surface area (Å²) in [6, 6.07) is 0. The molecule has 0 aliphatic rings. The average molecular weight is 469 g/mol. The quantitative estimate of drug-likeness (QED) is 0.224. The van der Waals surface area contributed by atoms with Gasteiger partial charge in [0.25, 0.3) is 0 Å². The highest BCUT2D eigenvalue weighted by molar-refractivity contribution is 7.97. The van der Waals surface area contributed by atoms with Crippen molar-refractivity contribution in [2.45, 2.75) is 33.6 Å². The van der Waals surface area contributed by atoms with Gasteiger partial charge >= 0.3 is 0 Å². The zero-order valence-corrected chi connectivity index (χ0v) is 17.4. The zero-order chi connectivity index (χ0) is 18.3. The molecule has 1 N–H and O–H groups in total. The molecule has 136 valence electrons. The third-order valence-corrected chi connectivity index (χ3v) is 3.43. The lowest BCUT2D eigenvalue weighted by Crippen LogP contribution is -2.27. The number of thiol groups is 1. The molecule has 0 atom stereocenters. The van der Waals surface area contributed by atoms with E-state index in [0.29, 0.717) is 11.1 Å². The largest absolute Gasteiger partial charge is 0.392 e. The Kier molecular flexibility index (Phi) is 11.8. The lowest BCUT2D eigenvalue weighted by atomic mass is 10.1. The summed E-state index contributed by atoms with van der Waals surface area (Å²) >= 11 is 37.5. The fourth-order valence-corrected chi connectivity index (χ4v) is 2.13.